The van der Waals surface area contributed by atoms with Gasteiger partial charge < -0.3 is 19.3 Å². The van der Waals surface area contributed by atoms with Crippen LogP contribution in [0.5, 0.6) is 11.5 Å². The van der Waals surface area contributed by atoms with Gasteiger partial charge in [0.25, 0.3) is 5.56 Å². The lowest BCUT2D eigenvalue weighted by Crippen LogP contribution is -2.67. The standard InChI is InChI=1S/C26H29IN4O6/c1-28-23(34)26(24(35)29(2)25(28)36,10-15-8-18(27)22(33)20(9-15)37-3)14-30-11-16-7-17(13-30)19-5-4-6-21(32)31(19)12-16/h4-6,8-9,16-17,33H,7,10-14H2,1-3H3/t16-,17+/m1/s1. The molecule has 196 valence electrons. The number of imide groups is 2. The molecule has 0 radical (unpaired) electrons. The van der Waals surface area contributed by atoms with Crippen LogP contribution in [0.1, 0.15) is 23.6 Å². The van der Waals surface area contributed by atoms with Crippen molar-refractivity contribution >= 4 is 40.4 Å². The number of halogens is 1. The summed E-state index contributed by atoms with van der Waals surface area (Å²) >= 11 is 1.98. The van der Waals surface area contributed by atoms with Gasteiger partial charge in [-0.05, 0) is 65.1 Å². The summed E-state index contributed by atoms with van der Waals surface area (Å²) in [5.41, 5.74) is 0.0780. The largest absolute Gasteiger partial charge is 0.504 e. The highest BCUT2D eigenvalue weighted by Crippen LogP contribution is 2.41. The van der Waals surface area contributed by atoms with E-state index >= 15 is 0 Å². The van der Waals surface area contributed by atoms with E-state index in [1.165, 1.54) is 21.2 Å². The zero-order valence-corrected chi connectivity index (χ0v) is 23.1. The van der Waals surface area contributed by atoms with E-state index in [2.05, 4.69) is 4.90 Å². The number of fused-ring (bicyclic) bond motifs is 4. The van der Waals surface area contributed by atoms with Crippen molar-refractivity contribution in [2.24, 2.45) is 11.3 Å². The van der Waals surface area contributed by atoms with Gasteiger partial charge in [0.2, 0.25) is 11.8 Å². The molecule has 3 aliphatic heterocycles. The number of aromatic nitrogens is 1. The van der Waals surface area contributed by atoms with Crippen LogP contribution in [-0.4, -0.2) is 83.1 Å². The average Bonchev–Trinajstić information content (AvgIpc) is 2.88. The number of urea groups is 1. The Morgan fingerprint density at radius 3 is 2.43 bits per heavy atom. The fourth-order valence-electron chi connectivity index (χ4n) is 6.21. The van der Waals surface area contributed by atoms with Gasteiger partial charge in [0.15, 0.2) is 11.5 Å². The third-order valence-corrected chi connectivity index (χ3v) is 8.69. The lowest BCUT2D eigenvalue weighted by molar-refractivity contribution is -0.159. The number of phenolic OH excluding ortho intramolecular Hbond substituents is 1. The van der Waals surface area contributed by atoms with Crippen molar-refractivity contribution in [3.05, 3.63) is 55.5 Å². The van der Waals surface area contributed by atoms with Crippen LogP contribution < -0.4 is 10.3 Å². The number of aromatic hydroxyl groups is 1. The predicted molar refractivity (Wildman–Crippen MR) is 142 cm³/mol. The first kappa shape index (κ1) is 25.7. The number of piperidine rings is 1. The smallest absolute Gasteiger partial charge is 0.332 e. The van der Waals surface area contributed by atoms with Gasteiger partial charge in [-0.2, -0.15) is 0 Å². The number of barbiturate groups is 1. The van der Waals surface area contributed by atoms with Crippen molar-refractivity contribution in [3.8, 4) is 11.5 Å². The SMILES string of the molecule is COc1cc(CC2(CN3C[C@H]4C[C@@H](C3)c3cccc(=O)n3C4)C(=O)N(C)C(=O)N(C)C2=O)cc(I)c1O. The molecular formula is C26H29IN4O6. The second-order valence-corrected chi connectivity index (χ2v) is 11.5. The van der Waals surface area contributed by atoms with E-state index in [1.54, 1.807) is 24.3 Å². The summed E-state index contributed by atoms with van der Waals surface area (Å²) in [7, 11) is 4.24. The monoisotopic (exact) mass is 620 g/mol. The minimum atomic E-state index is -1.54. The summed E-state index contributed by atoms with van der Waals surface area (Å²) in [5, 5.41) is 10.3. The van der Waals surface area contributed by atoms with Gasteiger partial charge in [0, 0.05) is 58.0 Å². The van der Waals surface area contributed by atoms with Crippen LogP contribution in [0, 0.1) is 14.9 Å². The third kappa shape index (κ3) is 4.21. The van der Waals surface area contributed by atoms with Gasteiger partial charge in [-0.3, -0.25) is 24.2 Å². The molecule has 1 aromatic heterocycles. The molecule has 0 aliphatic carbocycles. The number of methoxy groups -OCH3 is 1. The molecule has 3 aliphatic rings. The van der Waals surface area contributed by atoms with Gasteiger partial charge in [-0.25, -0.2) is 4.79 Å². The zero-order chi connectivity index (χ0) is 26.6. The third-order valence-electron chi connectivity index (χ3n) is 7.86. The van der Waals surface area contributed by atoms with Gasteiger partial charge >= 0.3 is 6.03 Å². The number of pyridine rings is 1. The van der Waals surface area contributed by atoms with Crippen LogP contribution in [0.15, 0.2) is 35.1 Å². The summed E-state index contributed by atoms with van der Waals surface area (Å²) in [6.07, 6.45) is 0.988. The van der Waals surface area contributed by atoms with Crippen LogP contribution in [0.2, 0.25) is 0 Å². The molecular weight excluding hydrogens is 591 g/mol. The van der Waals surface area contributed by atoms with Gasteiger partial charge in [0.1, 0.15) is 5.41 Å². The highest BCUT2D eigenvalue weighted by molar-refractivity contribution is 14.1. The number of phenols is 1. The maximum absolute atomic E-state index is 13.8. The molecule has 2 atom stereocenters. The molecule has 0 unspecified atom stereocenters. The Morgan fingerprint density at radius 2 is 1.76 bits per heavy atom. The Morgan fingerprint density at radius 1 is 1.05 bits per heavy atom. The fraction of sp³-hybridized carbons (Fsp3) is 0.462. The first-order valence-corrected chi connectivity index (χ1v) is 13.2. The van der Waals surface area contributed by atoms with Crippen LogP contribution >= 0.6 is 22.6 Å². The lowest BCUT2D eigenvalue weighted by Gasteiger charge is -2.48. The summed E-state index contributed by atoms with van der Waals surface area (Å²) in [6.45, 7) is 1.97. The summed E-state index contributed by atoms with van der Waals surface area (Å²) in [5.74, 6) is -0.530. The highest BCUT2D eigenvalue weighted by Gasteiger charge is 2.56. The van der Waals surface area contributed by atoms with E-state index in [0.29, 0.717) is 28.8 Å². The summed E-state index contributed by atoms with van der Waals surface area (Å²) < 4.78 is 7.68. The number of carbonyl (C=O) groups is 3. The van der Waals surface area contributed by atoms with E-state index < -0.39 is 23.3 Å². The van der Waals surface area contributed by atoms with Gasteiger partial charge in [-0.15, -0.1) is 0 Å². The number of hydrogen-bond donors (Lipinski definition) is 1. The fourth-order valence-corrected chi connectivity index (χ4v) is 6.88. The molecule has 0 spiro atoms. The van der Waals surface area contributed by atoms with Crippen molar-refractivity contribution in [1.29, 1.82) is 0 Å². The first-order valence-electron chi connectivity index (χ1n) is 12.1. The molecule has 11 heteroatoms. The highest BCUT2D eigenvalue weighted by atomic mass is 127. The molecule has 37 heavy (non-hydrogen) atoms. The quantitative estimate of drug-likeness (QED) is 0.402. The second-order valence-electron chi connectivity index (χ2n) is 10.3. The molecule has 2 saturated heterocycles. The van der Waals surface area contributed by atoms with Crippen molar-refractivity contribution in [3.63, 3.8) is 0 Å². The van der Waals surface area contributed by atoms with E-state index in [4.69, 9.17) is 4.74 Å². The molecule has 4 amide bonds. The number of amides is 4. The van der Waals surface area contributed by atoms with Gasteiger partial charge in [0.05, 0.1) is 10.7 Å². The van der Waals surface area contributed by atoms with Crippen molar-refractivity contribution in [2.75, 3.05) is 40.8 Å². The maximum Gasteiger partial charge on any atom is 0.332 e. The Balaban J connectivity index is 1.53. The molecule has 5 rings (SSSR count). The molecule has 10 nitrogen and oxygen atoms in total. The topological polar surface area (TPSA) is 112 Å². The van der Waals surface area contributed by atoms with Crippen LogP contribution in [0.25, 0.3) is 0 Å². The maximum atomic E-state index is 13.8. The summed E-state index contributed by atoms with van der Waals surface area (Å²) in [4.78, 5) is 56.8. The first-order chi connectivity index (χ1) is 17.6. The molecule has 2 bridgehead atoms. The molecule has 1 aromatic carbocycles. The number of ether oxygens (including phenoxy) is 1. The van der Waals surface area contributed by atoms with Crippen LogP contribution in [0.3, 0.4) is 0 Å². The minimum Gasteiger partial charge on any atom is -0.504 e. The molecule has 0 saturated carbocycles. The van der Waals surface area contributed by atoms with E-state index in [9.17, 15) is 24.3 Å². The predicted octanol–water partition coefficient (Wildman–Crippen LogP) is 1.87. The Hall–Kier alpha value is -2.93. The van der Waals surface area contributed by atoms with E-state index in [1.807, 2.05) is 33.2 Å². The molecule has 1 N–H and O–H groups in total. The number of rotatable bonds is 5. The van der Waals surface area contributed by atoms with Crippen LogP contribution in [-0.2, 0) is 22.6 Å². The Labute approximate surface area is 227 Å². The van der Waals surface area contributed by atoms with E-state index in [0.717, 1.165) is 21.9 Å². The minimum absolute atomic E-state index is 0.00704. The second kappa shape index (κ2) is 9.43. The zero-order valence-electron chi connectivity index (χ0n) is 20.9. The number of carbonyl (C=O) groups excluding carboxylic acids is 3. The lowest BCUT2D eigenvalue weighted by atomic mass is 9.75. The van der Waals surface area contributed by atoms with Gasteiger partial charge in [-0.1, -0.05) is 6.07 Å². The number of likely N-dealkylation sites (tertiary alicyclic amines) is 1. The van der Waals surface area contributed by atoms with Crippen molar-refractivity contribution in [2.45, 2.75) is 25.3 Å². The molecule has 2 aromatic rings. The number of hydrogen-bond acceptors (Lipinski definition) is 7. The number of nitrogens with zero attached hydrogens (tertiary/aromatic N) is 4. The van der Waals surface area contributed by atoms with Crippen molar-refractivity contribution in [1.82, 2.24) is 19.3 Å². The van der Waals surface area contributed by atoms with E-state index in [-0.39, 0.29) is 41.9 Å². The Kier molecular flexibility index (Phi) is 6.55. The normalized spacial score (nSPS) is 23.3. The number of benzene rings is 1. The molecule has 4 heterocycles. The van der Waals surface area contributed by atoms with Crippen LogP contribution in [0.4, 0.5) is 4.79 Å². The Bertz CT molecular complexity index is 1330. The summed E-state index contributed by atoms with van der Waals surface area (Å²) in [6, 6.07) is 8.02. The average molecular weight is 620 g/mol. The molecule has 2 fully saturated rings. The van der Waals surface area contributed by atoms with Crippen molar-refractivity contribution < 1.29 is 24.2 Å².